The van der Waals surface area contributed by atoms with Crippen LogP contribution in [0.2, 0.25) is 0 Å². The van der Waals surface area contributed by atoms with Gasteiger partial charge in [-0.2, -0.15) is 0 Å². The molecule has 2 aromatic heterocycles. The van der Waals surface area contributed by atoms with Gasteiger partial charge in [0.1, 0.15) is 0 Å². The number of hydrogen-bond donors (Lipinski definition) is 2. The number of benzene rings is 1. The zero-order chi connectivity index (χ0) is 17.4. The smallest absolute Gasteiger partial charge is 0.223 e. The number of carbonyl (C=O) groups excluding carboxylic acids is 1. The third-order valence-electron chi connectivity index (χ3n) is 5.01. The van der Waals surface area contributed by atoms with Crippen LogP contribution in [0.5, 0.6) is 0 Å². The number of aromatic nitrogens is 4. The van der Waals surface area contributed by atoms with E-state index in [1.165, 1.54) is 10.9 Å². The lowest BCUT2D eigenvalue weighted by atomic mass is 10.1. The highest BCUT2D eigenvalue weighted by Crippen LogP contribution is 2.24. The van der Waals surface area contributed by atoms with Crippen molar-refractivity contribution in [3.8, 4) is 0 Å². The van der Waals surface area contributed by atoms with Gasteiger partial charge in [-0.05, 0) is 24.5 Å². The molecule has 0 aliphatic carbocycles. The molecule has 0 bridgehead atoms. The van der Waals surface area contributed by atoms with E-state index in [9.17, 15) is 9.90 Å². The lowest BCUT2D eigenvalue weighted by Gasteiger charge is -2.16. The number of nitrogens with one attached hydrogen (secondary N) is 1. The predicted molar refractivity (Wildman–Crippen MR) is 93.0 cm³/mol. The molecule has 1 saturated heterocycles. The Morgan fingerprint density at radius 1 is 1.40 bits per heavy atom. The van der Waals surface area contributed by atoms with Crippen LogP contribution in [0.25, 0.3) is 10.9 Å². The summed E-state index contributed by atoms with van der Waals surface area (Å²) in [6.07, 6.45) is 5.79. The summed E-state index contributed by atoms with van der Waals surface area (Å²) in [6.45, 7) is 2.89. The number of aryl methyl sites for hydroxylation is 2. The first-order chi connectivity index (χ1) is 12.1. The fourth-order valence-corrected chi connectivity index (χ4v) is 3.60. The zero-order valence-corrected chi connectivity index (χ0v) is 14.1. The Morgan fingerprint density at radius 3 is 3.08 bits per heavy atom. The van der Waals surface area contributed by atoms with Gasteiger partial charge in [0.05, 0.1) is 18.3 Å². The molecule has 1 aliphatic rings. The Balaban J connectivity index is 1.41. The van der Waals surface area contributed by atoms with Crippen LogP contribution in [0.4, 0.5) is 0 Å². The molecule has 130 valence electrons. The van der Waals surface area contributed by atoms with Gasteiger partial charge < -0.3 is 15.0 Å². The lowest BCUT2D eigenvalue weighted by Crippen LogP contribution is -2.29. The number of likely N-dealkylation sites (tertiary alicyclic amines) is 1. The minimum atomic E-state index is -0.610. The quantitative estimate of drug-likeness (QED) is 0.753. The maximum absolute atomic E-state index is 12.6. The van der Waals surface area contributed by atoms with Gasteiger partial charge in [-0.25, -0.2) is 4.68 Å². The first kappa shape index (κ1) is 15.8. The van der Waals surface area contributed by atoms with Crippen molar-refractivity contribution in [1.29, 1.82) is 0 Å². The number of carbonyl (C=O) groups is 1. The molecule has 3 heterocycles. The van der Waals surface area contributed by atoms with E-state index in [1.807, 2.05) is 12.3 Å². The van der Waals surface area contributed by atoms with Crippen LogP contribution in [0.15, 0.2) is 36.8 Å². The molecule has 1 aromatic carbocycles. The molecule has 4 rings (SSSR count). The van der Waals surface area contributed by atoms with Crippen molar-refractivity contribution in [3.63, 3.8) is 0 Å². The molecule has 0 saturated carbocycles. The van der Waals surface area contributed by atoms with Crippen molar-refractivity contribution >= 4 is 16.8 Å². The average Bonchev–Trinajstić information content (AvgIpc) is 3.32. The van der Waals surface area contributed by atoms with Crippen molar-refractivity contribution in [2.75, 3.05) is 13.1 Å². The summed E-state index contributed by atoms with van der Waals surface area (Å²) in [5.41, 5.74) is 3.49. The summed E-state index contributed by atoms with van der Waals surface area (Å²) in [4.78, 5) is 17.6. The number of H-pyrrole nitrogens is 1. The van der Waals surface area contributed by atoms with E-state index >= 15 is 0 Å². The molecule has 3 aromatic rings. The van der Waals surface area contributed by atoms with Gasteiger partial charge in [-0.1, -0.05) is 23.4 Å². The van der Waals surface area contributed by atoms with E-state index in [0.29, 0.717) is 25.9 Å². The van der Waals surface area contributed by atoms with Crippen LogP contribution in [0.1, 0.15) is 23.6 Å². The van der Waals surface area contributed by atoms with Gasteiger partial charge >= 0.3 is 0 Å². The maximum Gasteiger partial charge on any atom is 0.223 e. The van der Waals surface area contributed by atoms with E-state index < -0.39 is 6.10 Å². The summed E-state index contributed by atoms with van der Waals surface area (Å²) in [7, 11) is 0. The number of para-hydroxylation sites is 1. The second-order valence-electron chi connectivity index (χ2n) is 6.63. The third-order valence-corrected chi connectivity index (χ3v) is 5.01. The first-order valence-electron chi connectivity index (χ1n) is 8.50. The van der Waals surface area contributed by atoms with Crippen molar-refractivity contribution < 1.29 is 9.90 Å². The van der Waals surface area contributed by atoms with Gasteiger partial charge in [0.15, 0.2) is 0 Å². The highest BCUT2D eigenvalue weighted by molar-refractivity contribution is 5.86. The van der Waals surface area contributed by atoms with Crippen LogP contribution in [0, 0.1) is 6.92 Å². The minimum Gasteiger partial charge on any atom is -0.389 e. The zero-order valence-electron chi connectivity index (χ0n) is 14.1. The highest BCUT2D eigenvalue weighted by atomic mass is 16.3. The van der Waals surface area contributed by atoms with Gasteiger partial charge in [-0.15, -0.1) is 5.10 Å². The van der Waals surface area contributed by atoms with E-state index in [2.05, 4.69) is 34.4 Å². The Kier molecular flexibility index (Phi) is 4.01. The fraction of sp³-hybridized carbons (Fsp3) is 0.389. The molecule has 25 heavy (non-hydrogen) atoms. The van der Waals surface area contributed by atoms with Gasteiger partial charge in [0.25, 0.3) is 0 Å². The highest BCUT2D eigenvalue weighted by Gasteiger charge is 2.35. The number of nitrogens with zero attached hydrogens (tertiary/aromatic N) is 4. The maximum atomic E-state index is 12.6. The molecule has 2 N–H and O–H groups in total. The number of aliphatic hydroxyl groups is 1. The molecule has 1 aliphatic heterocycles. The summed E-state index contributed by atoms with van der Waals surface area (Å²) in [5, 5.41) is 19.1. The van der Waals surface area contributed by atoms with Crippen LogP contribution in [-0.4, -0.2) is 55.1 Å². The normalized spacial score (nSPS) is 20.5. The van der Waals surface area contributed by atoms with Crippen molar-refractivity contribution in [2.24, 2.45) is 0 Å². The van der Waals surface area contributed by atoms with Crippen LogP contribution < -0.4 is 0 Å². The molecular weight excluding hydrogens is 318 g/mol. The molecule has 7 heteroatoms. The predicted octanol–water partition coefficient (Wildman–Crippen LogP) is 1.44. The van der Waals surface area contributed by atoms with Gasteiger partial charge in [-0.3, -0.25) is 4.79 Å². The van der Waals surface area contributed by atoms with Crippen molar-refractivity contribution in [2.45, 2.75) is 31.9 Å². The fourth-order valence-electron chi connectivity index (χ4n) is 3.60. The number of hydrogen-bond acceptors (Lipinski definition) is 4. The average molecular weight is 339 g/mol. The topological polar surface area (TPSA) is 87.0 Å². The molecule has 0 spiro atoms. The van der Waals surface area contributed by atoms with E-state index in [1.54, 1.807) is 22.0 Å². The second-order valence-corrected chi connectivity index (χ2v) is 6.63. The first-order valence-corrected chi connectivity index (χ1v) is 8.50. The monoisotopic (exact) mass is 339 g/mol. The Morgan fingerprint density at radius 2 is 2.28 bits per heavy atom. The Labute approximate surface area is 145 Å². The molecule has 0 radical (unpaired) electrons. The van der Waals surface area contributed by atoms with Gasteiger partial charge in [0, 0.05) is 42.8 Å². The van der Waals surface area contributed by atoms with Crippen LogP contribution in [0.3, 0.4) is 0 Å². The van der Waals surface area contributed by atoms with E-state index in [-0.39, 0.29) is 11.9 Å². The number of β-amino-alcohol motifs (C(OH)–C–C–N with tert-alkyl or cyclic N) is 1. The van der Waals surface area contributed by atoms with Crippen LogP contribution >= 0.6 is 0 Å². The summed E-state index contributed by atoms with van der Waals surface area (Å²) in [6, 6.07) is 5.97. The Bertz CT molecular complexity index is 886. The largest absolute Gasteiger partial charge is 0.389 e. The van der Waals surface area contributed by atoms with Crippen LogP contribution in [-0.2, 0) is 11.2 Å². The third kappa shape index (κ3) is 2.91. The minimum absolute atomic E-state index is 0.0590. The van der Waals surface area contributed by atoms with Gasteiger partial charge in [0.2, 0.25) is 5.91 Å². The van der Waals surface area contributed by atoms with Crippen molar-refractivity contribution in [1.82, 2.24) is 24.9 Å². The van der Waals surface area contributed by atoms with E-state index in [0.717, 1.165) is 11.1 Å². The SMILES string of the molecule is Cc1cccc2c(CCC(=O)N3C[C@@H](O)[C@H](n4ccnn4)C3)c[nH]c12. The molecule has 2 atom stereocenters. The number of rotatable bonds is 4. The molecule has 0 unspecified atom stereocenters. The van der Waals surface area contributed by atoms with E-state index in [4.69, 9.17) is 0 Å². The molecule has 1 fully saturated rings. The molecule has 7 nitrogen and oxygen atoms in total. The number of aliphatic hydroxyl groups excluding tert-OH is 1. The Hall–Kier alpha value is -2.67. The van der Waals surface area contributed by atoms with Crippen molar-refractivity contribution in [3.05, 3.63) is 47.9 Å². The molecular formula is C18H21N5O2. The summed E-state index contributed by atoms with van der Waals surface area (Å²) >= 11 is 0. The number of amides is 1. The number of fused-ring (bicyclic) bond motifs is 1. The molecule has 1 amide bonds. The number of aromatic amines is 1. The summed E-state index contributed by atoms with van der Waals surface area (Å²) < 4.78 is 1.63. The second kappa shape index (κ2) is 6.33. The standard InChI is InChI=1S/C18H21N5O2/c1-12-3-2-4-14-13(9-19-18(12)14)5-6-17(25)22-10-15(16(24)11-22)23-8-7-20-21-23/h2-4,7-9,15-16,19,24H,5-6,10-11H2,1H3/t15-,16-/m1/s1. The summed E-state index contributed by atoms with van der Waals surface area (Å²) in [5.74, 6) is 0.0590. The lowest BCUT2D eigenvalue weighted by molar-refractivity contribution is -0.130.